The number of anilines is 3. The predicted octanol–water partition coefficient (Wildman–Crippen LogP) is 3.39. The third-order valence-corrected chi connectivity index (χ3v) is 7.91. The zero-order valence-electron chi connectivity index (χ0n) is 19.3. The minimum absolute atomic E-state index is 0.0248. The molecule has 0 unspecified atom stereocenters. The van der Waals surface area contributed by atoms with Gasteiger partial charge in [-0.3, -0.25) is 4.79 Å². The number of nitrogens with one attached hydrogen (secondary N) is 1. The zero-order chi connectivity index (χ0) is 24.4. The molecule has 3 heterocycles. The number of carbonyl (C=O) groups is 2. The summed E-state index contributed by atoms with van der Waals surface area (Å²) in [6.45, 7) is 1.89. The number of carbonyl (C=O) groups excluding carboxylic acids is 2. The lowest BCUT2D eigenvalue weighted by Gasteiger charge is -2.33. The fraction of sp³-hybridized carbons (Fsp3) is 0.320. The van der Waals surface area contributed by atoms with Crippen LogP contribution in [-0.2, 0) is 32.2 Å². The number of nitrogen functional groups attached to an aromatic ring is 1. The lowest BCUT2D eigenvalue weighted by Crippen LogP contribution is -2.46. The molecule has 10 heteroatoms. The fourth-order valence-electron chi connectivity index (χ4n) is 4.68. The Balaban J connectivity index is 1.30. The number of ether oxygens (including phenoxy) is 1. The molecule has 2 saturated heterocycles. The second-order valence-electron chi connectivity index (χ2n) is 8.42. The largest absolute Gasteiger partial charge is 0.456 e. The first-order valence-corrected chi connectivity index (χ1v) is 12.5. The van der Waals surface area contributed by atoms with Crippen LogP contribution >= 0.6 is 11.8 Å². The highest BCUT2D eigenvalue weighted by atomic mass is 32.2. The second-order valence-corrected chi connectivity index (χ2v) is 9.72. The number of aryl methyl sites for hydroxylation is 1. The van der Waals surface area contributed by atoms with Gasteiger partial charge in [-0.25, -0.2) is 4.79 Å². The molecule has 3 N–H and O–H groups in total. The molecule has 0 saturated carbocycles. The molecule has 2 aliphatic heterocycles. The minimum Gasteiger partial charge on any atom is -0.456 e. The van der Waals surface area contributed by atoms with E-state index < -0.39 is 16.9 Å². The maximum Gasteiger partial charge on any atom is 0.330 e. The van der Waals surface area contributed by atoms with Crippen LogP contribution in [0.2, 0.25) is 0 Å². The highest BCUT2D eigenvalue weighted by molar-refractivity contribution is 8.00. The standard InChI is InChI=1S/C25H26N6O3S/c1-2-16-8-6-7-11-18(16)27-24-29-20(28-23(26)30-24)14-34-22(33)19-15-35-25(13-12-21(32)31(19)25)17-9-4-3-5-10-17/h3-11,19H,2,12-15H2,1H3,(H3,26,27,28,29,30)/t19-,25-/m0/s1. The van der Waals surface area contributed by atoms with Crippen LogP contribution in [0.15, 0.2) is 54.6 Å². The Hall–Kier alpha value is -3.66. The molecule has 1 amide bonds. The van der Waals surface area contributed by atoms with Gasteiger partial charge >= 0.3 is 5.97 Å². The van der Waals surface area contributed by atoms with Crippen molar-refractivity contribution in [3.05, 3.63) is 71.5 Å². The van der Waals surface area contributed by atoms with E-state index >= 15 is 0 Å². The molecule has 2 atom stereocenters. The van der Waals surface area contributed by atoms with Crippen LogP contribution in [0.5, 0.6) is 0 Å². The quantitative estimate of drug-likeness (QED) is 0.480. The van der Waals surface area contributed by atoms with Crippen molar-refractivity contribution in [1.82, 2.24) is 19.9 Å². The Morgan fingerprint density at radius 3 is 2.74 bits per heavy atom. The Kier molecular flexibility index (Phi) is 6.29. The van der Waals surface area contributed by atoms with Gasteiger partial charge in [0.05, 0.1) is 0 Å². The van der Waals surface area contributed by atoms with Crippen molar-refractivity contribution >= 4 is 41.2 Å². The molecule has 180 valence electrons. The van der Waals surface area contributed by atoms with Gasteiger partial charge in [0.25, 0.3) is 0 Å². The highest BCUT2D eigenvalue weighted by Gasteiger charge is 2.57. The van der Waals surface area contributed by atoms with Crippen molar-refractivity contribution in [3.8, 4) is 0 Å². The number of aromatic nitrogens is 3. The van der Waals surface area contributed by atoms with Gasteiger partial charge < -0.3 is 20.7 Å². The van der Waals surface area contributed by atoms with Crippen LogP contribution < -0.4 is 11.1 Å². The Bertz CT molecular complexity index is 1260. The summed E-state index contributed by atoms with van der Waals surface area (Å²) < 4.78 is 5.57. The monoisotopic (exact) mass is 490 g/mol. The third kappa shape index (κ3) is 4.41. The third-order valence-electron chi connectivity index (χ3n) is 6.31. The molecule has 0 bridgehead atoms. The van der Waals surface area contributed by atoms with Crippen LogP contribution in [0.3, 0.4) is 0 Å². The number of amides is 1. The molecule has 5 rings (SSSR count). The molecular formula is C25H26N6O3S. The Morgan fingerprint density at radius 2 is 1.94 bits per heavy atom. The second kappa shape index (κ2) is 9.53. The van der Waals surface area contributed by atoms with E-state index in [1.807, 2.05) is 54.6 Å². The average molecular weight is 491 g/mol. The van der Waals surface area contributed by atoms with Crippen LogP contribution in [0.4, 0.5) is 17.6 Å². The number of nitrogens with zero attached hydrogens (tertiary/aromatic N) is 4. The van der Waals surface area contributed by atoms with Crippen LogP contribution in [0.1, 0.15) is 36.7 Å². The van der Waals surface area contributed by atoms with Crippen LogP contribution in [0.25, 0.3) is 0 Å². The molecule has 35 heavy (non-hydrogen) atoms. The maximum absolute atomic E-state index is 13.1. The number of fused-ring (bicyclic) bond motifs is 1. The van der Waals surface area contributed by atoms with E-state index in [9.17, 15) is 9.59 Å². The van der Waals surface area contributed by atoms with E-state index in [0.29, 0.717) is 18.6 Å². The Labute approximate surface area is 207 Å². The van der Waals surface area contributed by atoms with Crippen molar-refractivity contribution in [2.75, 3.05) is 16.8 Å². The molecule has 9 nitrogen and oxygen atoms in total. The summed E-state index contributed by atoms with van der Waals surface area (Å²) in [4.78, 5) is 39.7. The summed E-state index contributed by atoms with van der Waals surface area (Å²) in [6.07, 6.45) is 1.92. The first kappa shape index (κ1) is 23.1. The molecule has 0 spiro atoms. The number of hydrogen-bond donors (Lipinski definition) is 2. The van der Waals surface area contributed by atoms with Crippen molar-refractivity contribution < 1.29 is 14.3 Å². The lowest BCUT2D eigenvalue weighted by molar-refractivity contribution is -0.155. The number of para-hydroxylation sites is 1. The van der Waals surface area contributed by atoms with Gasteiger partial charge in [-0.15, -0.1) is 11.8 Å². The van der Waals surface area contributed by atoms with Crippen molar-refractivity contribution in [3.63, 3.8) is 0 Å². The van der Waals surface area contributed by atoms with E-state index in [1.165, 1.54) is 0 Å². The van der Waals surface area contributed by atoms with Crippen molar-refractivity contribution in [2.24, 2.45) is 0 Å². The lowest BCUT2D eigenvalue weighted by atomic mass is 10.0. The normalized spacial score (nSPS) is 21.1. The van der Waals surface area contributed by atoms with Gasteiger partial charge in [0.1, 0.15) is 10.9 Å². The van der Waals surface area contributed by atoms with Gasteiger partial charge in [0, 0.05) is 17.9 Å². The first-order valence-electron chi connectivity index (χ1n) is 11.5. The number of hydrogen-bond acceptors (Lipinski definition) is 9. The molecule has 1 aromatic heterocycles. The number of rotatable bonds is 7. The van der Waals surface area contributed by atoms with Crippen molar-refractivity contribution in [1.29, 1.82) is 0 Å². The smallest absolute Gasteiger partial charge is 0.330 e. The molecular weight excluding hydrogens is 464 g/mol. The maximum atomic E-state index is 13.1. The number of nitrogens with two attached hydrogens (primary N) is 1. The molecule has 0 aliphatic carbocycles. The number of thioether (sulfide) groups is 1. The molecule has 2 aromatic carbocycles. The van der Waals surface area contributed by atoms with E-state index in [4.69, 9.17) is 10.5 Å². The summed E-state index contributed by atoms with van der Waals surface area (Å²) in [5.74, 6) is 0.492. The summed E-state index contributed by atoms with van der Waals surface area (Å²) >= 11 is 1.62. The summed E-state index contributed by atoms with van der Waals surface area (Å²) in [5, 5.41) is 3.17. The van der Waals surface area contributed by atoms with Crippen molar-refractivity contribution in [2.45, 2.75) is 43.7 Å². The van der Waals surface area contributed by atoms with E-state index in [0.717, 1.165) is 23.2 Å². The van der Waals surface area contributed by atoms with E-state index in [2.05, 4.69) is 27.2 Å². The number of benzene rings is 2. The van der Waals surface area contributed by atoms with Crippen LogP contribution in [-0.4, -0.2) is 43.5 Å². The van der Waals surface area contributed by atoms with Gasteiger partial charge in [0.15, 0.2) is 12.4 Å². The highest BCUT2D eigenvalue weighted by Crippen LogP contribution is 2.54. The molecule has 2 fully saturated rings. The van der Waals surface area contributed by atoms with Gasteiger partial charge in [0.2, 0.25) is 17.8 Å². The summed E-state index contributed by atoms with van der Waals surface area (Å²) in [7, 11) is 0. The fourth-order valence-corrected chi connectivity index (χ4v) is 6.31. The first-order chi connectivity index (χ1) is 17.0. The molecule has 3 aromatic rings. The summed E-state index contributed by atoms with van der Waals surface area (Å²) in [6, 6.07) is 17.0. The molecule has 2 aliphatic rings. The SMILES string of the molecule is CCc1ccccc1Nc1nc(N)nc(COC(=O)[C@@H]2CS[C@]3(c4ccccc4)CCC(=O)N23)n1. The van der Waals surface area contributed by atoms with E-state index in [1.54, 1.807) is 16.7 Å². The number of esters is 1. The Morgan fingerprint density at radius 1 is 1.17 bits per heavy atom. The van der Waals surface area contributed by atoms with E-state index in [-0.39, 0.29) is 30.2 Å². The topological polar surface area (TPSA) is 123 Å². The van der Waals surface area contributed by atoms with Gasteiger partial charge in [-0.2, -0.15) is 15.0 Å². The average Bonchev–Trinajstić information content (AvgIpc) is 3.42. The predicted molar refractivity (Wildman–Crippen MR) is 134 cm³/mol. The minimum atomic E-state index is -0.664. The van der Waals surface area contributed by atoms with Crippen LogP contribution in [0, 0.1) is 0 Å². The van der Waals surface area contributed by atoms with Gasteiger partial charge in [-0.05, 0) is 30.0 Å². The molecule has 0 radical (unpaired) electrons. The summed E-state index contributed by atoms with van der Waals surface area (Å²) in [5.41, 5.74) is 8.89. The van der Waals surface area contributed by atoms with Gasteiger partial charge in [-0.1, -0.05) is 55.5 Å². The zero-order valence-corrected chi connectivity index (χ0v) is 20.1.